The molecule has 0 unspecified atom stereocenters. The van der Waals surface area contributed by atoms with Crippen LogP contribution in [0.25, 0.3) is 0 Å². The van der Waals surface area contributed by atoms with Crippen LogP contribution in [0.2, 0.25) is 0 Å². The number of urea groups is 1. The Kier molecular flexibility index (Phi) is 6.76. The lowest BCUT2D eigenvalue weighted by atomic mass is 9.89. The first-order valence-corrected chi connectivity index (χ1v) is 10.1. The van der Waals surface area contributed by atoms with Crippen molar-refractivity contribution >= 4 is 21.7 Å². The molecule has 2 amide bonds. The molecule has 2 aromatic rings. The van der Waals surface area contributed by atoms with Crippen molar-refractivity contribution in [2.24, 2.45) is 11.1 Å². The van der Waals surface area contributed by atoms with E-state index in [1.165, 1.54) is 24.3 Å². The van der Waals surface area contributed by atoms with Crippen LogP contribution in [0.5, 0.6) is 0 Å². The maximum Gasteiger partial charge on any atom is 0.319 e. The fourth-order valence-corrected chi connectivity index (χ4v) is 3.45. The molecular weight excluding hydrogens is 350 g/mol. The van der Waals surface area contributed by atoms with Crippen LogP contribution >= 0.6 is 0 Å². The lowest BCUT2D eigenvalue weighted by molar-refractivity contribution is 0.241. The SMILES string of the molecule is CCC(CC)[C@@H](NC(=O)Nc1ccc(S(N)(=O)=O)cc1)c1ccccc1. The van der Waals surface area contributed by atoms with Crippen molar-refractivity contribution in [1.29, 1.82) is 0 Å². The van der Waals surface area contributed by atoms with Crippen molar-refractivity contribution < 1.29 is 13.2 Å². The second-order valence-electron chi connectivity index (χ2n) is 6.13. The predicted octanol–water partition coefficient (Wildman–Crippen LogP) is 3.63. The van der Waals surface area contributed by atoms with Crippen LogP contribution in [0.3, 0.4) is 0 Å². The molecule has 6 nitrogen and oxygen atoms in total. The molecule has 0 aliphatic rings. The Labute approximate surface area is 154 Å². The fourth-order valence-electron chi connectivity index (χ4n) is 2.93. The van der Waals surface area contributed by atoms with Crippen molar-refractivity contribution in [2.75, 3.05) is 5.32 Å². The molecule has 0 radical (unpaired) electrons. The zero-order chi connectivity index (χ0) is 19.2. The minimum atomic E-state index is -3.75. The second-order valence-corrected chi connectivity index (χ2v) is 7.69. The first-order valence-electron chi connectivity index (χ1n) is 8.60. The van der Waals surface area contributed by atoms with E-state index in [4.69, 9.17) is 5.14 Å². The number of primary sulfonamides is 1. The molecule has 7 heteroatoms. The first-order chi connectivity index (χ1) is 12.3. The zero-order valence-electron chi connectivity index (χ0n) is 15.0. The summed E-state index contributed by atoms with van der Waals surface area (Å²) in [6.45, 7) is 4.21. The summed E-state index contributed by atoms with van der Waals surface area (Å²) in [7, 11) is -3.75. The lowest BCUT2D eigenvalue weighted by Gasteiger charge is -2.27. The number of nitrogens with one attached hydrogen (secondary N) is 2. The van der Waals surface area contributed by atoms with Crippen LogP contribution in [0.15, 0.2) is 59.5 Å². The molecule has 4 N–H and O–H groups in total. The quantitative estimate of drug-likeness (QED) is 0.688. The van der Waals surface area contributed by atoms with E-state index >= 15 is 0 Å². The monoisotopic (exact) mass is 375 g/mol. The van der Waals surface area contributed by atoms with E-state index in [2.05, 4.69) is 24.5 Å². The number of rotatable bonds is 7. The van der Waals surface area contributed by atoms with Crippen molar-refractivity contribution in [1.82, 2.24) is 5.32 Å². The second kappa shape index (κ2) is 8.82. The van der Waals surface area contributed by atoms with Crippen molar-refractivity contribution in [2.45, 2.75) is 37.6 Å². The van der Waals surface area contributed by atoms with Crippen molar-refractivity contribution in [3.63, 3.8) is 0 Å². The molecule has 0 saturated carbocycles. The first kappa shape index (κ1) is 19.9. The Balaban J connectivity index is 2.12. The Bertz CT molecular complexity index is 817. The highest BCUT2D eigenvalue weighted by Gasteiger charge is 2.22. The average molecular weight is 375 g/mol. The fraction of sp³-hybridized carbons (Fsp3) is 0.316. The standard InChI is InChI=1S/C19H25N3O3S/c1-3-14(4-2)18(15-8-6-5-7-9-15)22-19(23)21-16-10-12-17(13-11-16)26(20,24)25/h5-14,18H,3-4H2,1-2H3,(H2,20,24,25)(H2,21,22,23)/t18-/m1/s1. The number of hydrogen-bond acceptors (Lipinski definition) is 3. The third-order valence-electron chi connectivity index (χ3n) is 4.41. The number of hydrogen-bond donors (Lipinski definition) is 3. The largest absolute Gasteiger partial charge is 0.331 e. The number of nitrogens with two attached hydrogens (primary N) is 1. The molecule has 0 aliphatic heterocycles. The van der Waals surface area contributed by atoms with E-state index in [0.717, 1.165) is 18.4 Å². The third-order valence-corrected chi connectivity index (χ3v) is 5.34. The lowest BCUT2D eigenvalue weighted by Crippen LogP contribution is -2.36. The molecule has 2 aromatic carbocycles. The normalized spacial score (nSPS) is 12.6. The molecule has 0 saturated heterocycles. The summed E-state index contributed by atoms with van der Waals surface area (Å²) in [5.41, 5.74) is 1.55. The summed E-state index contributed by atoms with van der Waals surface area (Å²) in [5.74, 6) is 0.313. The van der Waals surface area contributed by atoms with Gasteiger partial charge >= 0.3 is 6.03 Å². The van der Waals surface area contributed by atoms with Gasteiger partial charge in [0.15, 0.2) is 0 Å². The minimum absolute atomic E-state index is 0.00245. The number of amides is 2. The molecule has 0 spiro atoms. The van der Waals surface area contributed by atoms with Crippen LogP contribution in [0, 0.1) is 5.92 Å². The van der Waals surface area contributed by atoms with Gasteiger partial charge in [0.05, 0.1) is 10.9 Å². The summed E-state index contributed by atoms with van der Waals surface area (Å²) in [4.78, 5) is 12.5. The van der Waals surface area contributed by atoms with E-state index in [-0.39, 0.29) is 17.0 Å². The molecule has 0 aliphatic carbocycles. The Morgan fingerprint density at radius 1 is 1.00 bits per heavy atom. The molecule has 0 fully saturated rings. The summed E-state index contributed by atoms with van der Waals surface area (Å²) in [6, 6.07) is 15.2. The number of sulfonamides is 1. The van der Waals surface area contributed by atoms with Gasteiger partial charge in [-0.05, 0) is 35.7 Å². The van der Waals surface area contributed by atoms with Crippen LogP contribution in [-0.4, -0.2) is 14.4 Å². The van der Waals surface area contributed by atoms with Gasteiger partial charge in [0.1, 0.15) is 0 Å². The van der Waals surface area contributed by atoms with Gasteiger partial charge < -0.3 is 10.6 Å². The Hall–Kier alpha value is -2.38. The van der Waals surface area contributed by atoms with Crippen molar-refractivity contribution in [3.8, 4) is 0 Å². The Morgan fingerprint density at radius 2 is 1.58 bits per heavy atom. The molecule has 0 bridgehead atoms. The van der Waals surface area contributed by atoms with Gasteiger partial charge in [-0.25, -0.2) is 18.4 Å². The zero-order valence-corrected chi connectivity index (χ0v) is 15.8. The van der Waals surface area contributed by atoms with E-state index in [1.807, 2.05) is 30.3 Å². The molecule has 140 valence electrons. The maximum atomic E-state index is 12.4. The van der Waals surface area contributed by atoms with Gasteiger partial charge in [0.25, 0.3) is 0 Å². The average Bonchev–Trinajstić information content (AvgIpc) is 2.62. The highest BCUT2D eigenvalue weighted by molar-refractivity contribution is 7.89. The molecule has 1 atom stereocenters. The summed E-state index contributed by atoms with van der Waals surface area (Å²) >= 11 is 0. The van der Waals surface area contributed by atoms with E-state index in [1.54, 1.807) is 0 Å². The molecule has 0 aromatic heterocycles. The predicted molar refractivity (Wildman–Crippen MR) is 103 cm³/mol. The van der Waals surface area contributed by atoms with E-state index in [0.29, 0.717) is 11.6 Å². The third kappa shape index (κ3) is 5.31. The highest BCUT2D eigenvalue weighted by Crippen LogP contribution is 2.27. The van der Waals surface area contributed by atoms with Gasteiger partial charge in [-0.2, -0.15) is 0 Å². The number of carbonyl (C=O) groups excluding carboxylic acids is 1. The van der Waals surface area contributed by atoms with Gasteiger partial charge in [0, 0.05) is 5.69 Å². The minimum Gasteiger partial charge on any atom is -0.331 e. The maximum absolute atomic E-state index is 12.4. The van der Waals surface area contributed by atoms with Crippen LogP contribution in [-0.2, 0) is 10.0 Å². The number of benzene rings is 2. The smallest absolute Gasteiger partial charge is 0.319 e. The highest BCUT2D eigenvalue weighted by atomic mass is 32.2. The molecular formula is C19H25N3O3S. The van der Waals surface area contributed by atoms with Crippen molar-refractivity contribution in [3.05, 3.63) is 60.2 Å². The molecule has 2 rings (SSSR count). The van der Waals surface area contributed by atoms with Gasteiger partial charge in [-0.1, -0.05) is 57.0 Å². The summed E-state index contributed by atoms with van der Waals surface area (Å²) < 4.78 is 22.6. The summed E-state index contributed by atoms with van der Waals surface area (Å²) in [5, 5.41) is 10.8. The van der Waals surface area contributed by atoms with Gasteiger partial charge in [-0.3, -0.25) is 0 Å². The molecule has 26 heavy (non-hydrogen) atoms. The van der Waals surface area contributed by atoms with Crippen LogP contribution in [0.1, 0.15) is 38.3 Å². The summed E-state index contributed by atoms with van der Waals surface area (Å²) in [6.07, 6.45) is 1.89. The van der Waals surface area contributed by atoms with E-state index in [9.17, 15) is 13.2 Å². The van der Waals surface area contributed by atoms with Gasteiger partial charge in [0.2, 0.25) is 10.0 Å². The topological polar surface area (TPSA) is 101 Å². The van der Waals surface area contributed by atoms with Crippen LogP contribution in [0.4, 0.5) is 10.5 Å². The molecule has 0 heterocycles. The number of carbonyl (C=O) groups is 1. The van der Waals surface area contributed by atoms with Gasteiger partial charge in [-0.15, -0.1) is 0 Å². The van der Waals surface area contributed by atoms with Crippen LogP contribution < -0.4 is 15.8 Å². The Morgan fingerprint density at radius 3 is 2.08 bits per heavy atom. The van der Waals surface area contributed by atoms with E-state index < -0.39 is 10.0 Å². The number of anilines is 1.